The van der Waals surface area contributed by atoms with E-state index in [1.165, 1.54) is 22.1 Å². The summed E-state index contributed by atoms with van der Waals surface area (Å²) in [6.45, 7) is 0.300. The first-order valence-electron chi connectivity index (χ1n) is 7.52. The van der Waals surface area contributed by atoms with Crippen molar-refractivity contribution < 1.29 is 17.5 Å². The number of rotatable bonds is 3. The first kappa shape index (κ1) is 17.1. The molecule has 0 spiro atoms. The number of aromatic nitrogens is 5. The second kappa shape index (κ2) is 6.13. The molecule has 0 aromatic carbocycles. The molecule has 0 N–H and O–H groups in total. The molecule has 0 radical (unpaired) electrons. The Morgan fingerprint density at radius 3 is 2.81 bits per heavy atom. The number of hydrogen-bond donors (Lipinski definition) is 0. The van der Waals surface area contributed by atoms with Gasteiger partial charge in [0.15, 0.2) is 21.9 Å². The second-order valence-corrected chi connectivity index (χ2v) is 8.25. The van der Waals surface area contributed by atoms with Gasteiger partial charge in [0.25, 0.3) is 0 Å². The van der Waals surface area contributed by atoms with E-state index in [-0.39, 0.29) is 33.4 Å². The zero-order chi connectivity index (χ0) is 18.5. The zero-order valence-electron chi connectivity index (χ0n) is 13.4. The first-order valence-corrected chi connectivity index (χ1v) is 9.92. The molecule has 1 fully saturated rings. The van der Waals surface area contributed by atoms with Gasteiger partial charge >= 0.3 is 0 Å². The molecule has 0 atom stereocenters. The van der Waals surface area contributed by atoms with Gasteiger partial charge in [-0.1, -0.05) is 0 Å². The van der Waals surface area contributed by atoms with E-state index < -0.39 is 15.8 Å². The fourth-order valence-electron chi connectivity index (χ4n) is 2.78. The van der Waals surface area contributed by atoms with Crippen LogP contribution >= 0.6 is 15.9 Å². The lowest BCUT2D eigenvalue weighted by atomic mass is 10.3. The SMILES string of the molecule is COc1cc2ncc(-c3nc(Br)ncc3F)n2nc1N1CCCS1(=O)=O. The Balaban J connectivity index is 1.96. The Morgan fingerprint density at radius 1 is 1.31 bits per heavy atom. The van der Waals surface area contributed by atoms with E-state index in [0.29, 0.717) is 18.6 Å². The number of halogens is 2. The van der Waals surface area contributed by atoms with Gasteiger partial charge in [0.2, 0.25) is 15.8 Å². The second-order valence-electron chi connectivity index (χ2n) is 5.53. The molecule has 1 saturated heterocycles. The van der Waals surface area contributed by atoms with Crippen molar-refractivity contribution in [2.24, 2.45) is 0 Å². The number of sulfonamides is 1. The maximum atomic E-state index is 14.2. The van der Waals surface area contributed by atoms with E-state index in [9.17, 15) is 12.8 Å². The summed E-state index contributed by atoms with van der Waals surface area (Å²) in [5.41, 5.74) is 0.625. The lowest BCUT2D eigenvalue weighted by Gasteiger charge is -2.18. The number of imidazole rings is 1. The van der Waals surface area contributed by atoms with Gasteiger partial charge in [0.1, 0.15) is 11.4 Å². The zero-order valence-corrected chi connectivity index (χ0v) is 15.8. The van der Waals surface area contributed by atoms with Crippen LogP contribution in [0.25, 0.3) is 17.0 Å². The molecular formula is C14H12BrFN6O3S. The van der Waals surface area contributed by atoms with Crippen LogP contribution in [-0.4, -0.2) is 52.4 Å². The van der Waals surface area contributed by atoms with Crippen molar-refractivity contribution in [1.82, 2.24) is 24.6 Å². The van der Waals surface area contributed by atoms with Crippen LogP contribution in [0.2, 0.25) is 0 Å². The highest BCUT2D eigenvalue weighted by molar-refractivity contribution is 9.10. The Labute approximate surface area is 156 Å². The van der Waals surface area contributed by atoms with Crippen LogP contribution in [0.1, 0.15) is 6.42 Å². The Hall–Kier alpha value is -2.34. The summed E-state index contributed by atoms with van der Waals surface area (Å²) in [4.78, 5) is 11.9. The molecule has 4 rings (SSSR count). The van der Waals surface area contributed by atoms with Crippen LogP contribution in [-0.2, 0) is 10.0 Å². The molecule has 1 aliphatic rings. The van der Waals surface area contributed by atoms with Crippen LogP contribution in [0.5, 0.6) is 5.75 Å². The topological polar surface area (TPSA) is 103 Å². The lowest BCUT2D eigenvalue weighted by Crippen LogP contribution is -2.27. The molecule has 3 aromatic heterocycles. The third-order valence-corrected chi connectivity index (χ3v) is 6.17. The highest BCUT2D eigenvalue weighted by Gasteiger charge is 2.32. The van der Waals surface area contributed by atoms with E-state index in [2.05, 4.69) is 36.0 Å². The van der Waals surface area contributed by atoms with Crippen molar-refractivity contribution in [3.05, 3.63) is 29.0 Å². The largest absolute Gasteiger partial charge is 0.493 e. The highest BCUT2D eigenvalue weighted by atomic mass is 79.9. The fourth-order valence-corrected chi connectivity index (χ4v) is 4.57. The molecular weight excluding hydrogens is 431 g/mol. The summed E-state index contributed by atoms with van der Waals surface area (Å²) < 4.78 is 46.8. The monoisotopic (exact) mass is 442 g/mol. The molecule has 9 nitrogen and oxygen atoms in total. The molecule has 3 aromatic rings. The number of fused-ring (bicyclic) bond motifs is 1. The maximum absolute atomic E-state index is 14.2. The van der Waals surface area contributed by atoms with Crippen molar-refractivity contribution in [3.8, 4) is 17.1 Å². The molecule has 4 heterocycles. The van der Waals surface area contributed by atoms with Crippen molar-refractivity contribution in [2.45, 2.75) is 6.42 Å². The van der Waals surface area contributed by atoms with Crippen LogP contribution < -0.4 is 9.04 Å². The lowest BCUT2D eigenvalue weighted by molar-refractivity contribution is 0.413. The number of methoxy groups -OCH3 is 1. The average molecular weight is 443 g/mol. The molecule has 0 unspecified atom stereocenters. The van der Waals surface area contributed by atoms with E-state index in [4.69, 9.17) is 4.74 Å². The predicted octanol–water partition coefficient (Wildman–Crippen LogP) is 1.64. The number of nitrogens with zero attached hydrogens (tertiary/aromatic N) is 6. The molecule has 0 saturated carbocycles. The quantitative estimate of drug-likeness (QED) is 0.567. The van der Waals surface area contributed by atoms with Gasteiger partial charge in [-0.05, 0) is 22.4 Å². The van der Waals surface area contributed by atoms with Crippen molar-refractivity contribution in [3.63, 3.8) is 0 Å². The predicted molar refractivity (Wildman–Crippen MR) is 94.0 cm³/mol. The normalized spacial score (nSPS) is 16.3. The molecule has 0 bridgehead atoms. The van der Waals surface area contributed by atoms with E-state index in [1.54, 1.807) is 6.07 Å². The van der Waals surface area contributed by atoms with Gasteiger partial charge in [-0.15, -0.1) is 5.10 Å². The average Bonchev–Trinajstić information content (AvgIpc) is 3.17. The van der Waals surface area contributed by atoms with Gasteiger partial charge in [-0.2, -0.15) is 0 Å². The summed E-state index contributed by atoms with van der Waals surface area (Å²) in [6.07, 6.45) is 2.93. The minimum atomic E-state index is -3.47. The summed E-state index contributed by atoms with van der Waals surface area (Å²) in [7, 11) is -2.05. The molecule has 0 aliphatic carbocycles. The summed E-state index contributed by atoms with van der Waals surface area (Å²) in [5, 5.41) is 4.36. The van der Waals surface area contributed by atoms with Gasteiger partial charge in [-0.3, -0.25) is 0 Å². The van der Waals surface area contributed by atoms with E-state index >= 15 is 0 Å². The van der Waals surface area contributed by atoms with Crippen molar-refractivity contribution >= 4 is 37.4 Å². The Morgan fingerprint density at radius 2 is 2.12 bits per heavy atom. The number of anilines is 1. The summed E-state index contributed by atoms with van der Waals surface area (Å²) >= 11 is 3.11. The van der Waals surface area contributed by atoms with Gasteiger partial charge in [0.05, 0.1) is 25.3 Å². The van der Waals surface area contributed by atoms with Crippen LogP contribution in [0.4, 0.5) is 10.2 Å². The third-order valence-electron chi connectivity index (χ3n) is 3.95. The summed E-state index contributed by atoms with van der Waals surface area (Å²) in [5.74, 6) is -0.210. The molecule has 136 valence electrons. The van der Waals surface area contributed by atoms with E-state index in [0.717, 1.165) is 6.20 Å². The van der Waals surface area contributed by atoms with Crippen LogP contribution in [0.3, 0.4) is 0 Å². The van der Waals surface area contributed by atoms with Gasteiger partial charge < -0.3 is 4.74 Å². The van der Waals surface area contributed by atoms with Crippen LogP contribution in [0.15, 0.2) is 23.2 Å². The Kier molecular flexibility index (Phi) is 4.03. The smallest absolute Gasteiger partial charge is 0.236 e. The third kappa shape index (κ3) is 2.69. The molecule has 1 aliphatic heterocycles. The molecule has 26 heavy (non-hydrogen) atoms. The Bertz CT molecular complexity index is 1120. The van der Waals surface area contributed by atoms with Crippen molar-refractivity contribution in [2.75, 3.05) is 23.7 Å². The number of ether oxygens (including phenoxy) is 1. The molecule has 12 heteroatoms. The number of hydrogen-bond acceptors (Lipinski definition) is 7. The first-order chi connectivity index (χ1) is 12.4. The van der Waals surface area contributed by atoms with Gasteiger partial charge in [-0.25, -0.2) is 36.6 Å². The minimum Gasteiger partial charge on any atom is -0.493 e. The van der Waals surface area contributed by atoms with E-state index in [1.807, 2.05) is 0 Å². The van der Waals surface area contributed by atoms with Crippen LogP contribution in [0, 0.1) is 5.82 Å². The summed E-state index contributed by atoms with van der Waals surface area (Å²) in [6, 6.07) is 1.55. The van der Waals surface area contributed by atoms with Crippen molar-refractivity contribution in [1.29, 1.82) is 0 Å². The standard InChI is InChI=1S/C14H12BrFN6O3S/c1-25-10-5-11-17-7-9(12-8(16)6-18-14(15)19-12)22(11)20-13(10)21-3-2-4-26(21,23)24/h5-7H,2-4H2,1H3. The molecule has 0 amide bonds. The fraction of sp³-hybridized carbons (Fsp3) is 0.286. The van der Waals surface area contributed by atoms with Gasteiger partial charge in [0, 0.05) is 12.6 Å². The highest BCUT2D eigenvalue weighted by Crippen LogP contribution is 2.33. The maximum Gasteiger partial charge on any atom is 0.236 e. The minimum absolute atomic E-state index is 0.00716.